The van der Waals surface area contributed by atoms with Crippen molar-refractivity contribution in [2.45, 2.75) is 59.5 Å². The predicted octanol–water partition coefficient (Wildman–Crippen LogP) is 2.94. The van der Waals surface area contributed by atoms with Gasteiger partial charge in [0.25, 0.3) is 0 Å². The highest BCUT2D eigenvalue weighted by molar-refractivity contribution is 5.75. The number of carbonyl (C=O) groups excluding carboxylic acids is 1. The number of rotatable bonds is 3. The Morgan fingerprint density at radius 3 is 2.82 bits per heavy atom. The highest BCUT2D eigenvalue weighted by Gasteiger charge is 2.37. The van der Waals surface area contributed by atoms with Crippen LogP contribution in [0.4, 0.5) is 4.79 Å². The molecule has 5 heteroatoms. The number of amides is 2. The Balaban J connectivity index is 1.74. The average molecular weight is 304 g/mol. The summed E-state index contributed by atoms with van der Waals surface area (Å²) >= 11 is 0. The summed E-state index contributed by atoms with van der Waals surface area (Å²) in [7, 11) is 0. The minimum atomic E-state index is 0.0576. The summed E-state index contributed by atoms with van der Waals surface area (Å²) < 4.78 is 0. The van der Waals surface area contributed by atoms with Crippen molar-refractivity contribution in [3.05, 3.63) is 17.5 Å². The van der Waals surface area contributed by atoms with Crippen molar-refractivity contribution in [3.8, 4) is 0 Å². The van der Waals surface area contributed by atoms with E-state index in [0.717, 1.165) is 18.5 Å². The van der Waals surface area contributed by atoms with Crippen LogP contribution < -0.4 is 5.32 Å². The second-order valence-corrected chi connectivity index (χ2v) is 8.13. The first kappa shape index (κ1) is 15.4. The summed E-state index contributed by atoms with van der Waals surface area (Å²) in [6.07, 6.45) is 5.29. The Bertz CT molecular complexity index is 543. The summed E-state index contributed by atoms with van der Waals surface area (Å²) in [4.78, 5) is 14.8. The zero-order valence-electron chi connectivity index (χ0n) is 14.1. The molecule has 2 N–H and O–H groups in total. The van der Waals surface area contributed by atoms with Crippen LogP contribution in [0.15, 0.2) is 6.20 Å². The van der Waals surface area contributed by atoms with Crippen LogP contribution >= 0.6 is 0 Å². The smallest absolute Gasteiger partial charge is 0.317 e. The van der Waals surface area contributed by atoms with Gasteiger partial charge in [-0.15, -0.1) is 0 Å². The van der Waals surface area contributed by atoms with Gasteiger partial charge >= 0.3 is 6.03 Å². The number of aromatic amines is 1. The average Bonchev–Trinajstić information content (AvgIpc) is 3.19. The molecule has 1 aromatic rings. The van der Waals surface area contributed by atoms with E-state index in [9.17, 15) is 4.79 Å². The number of H-pyrrole nitrogens is 1. The molecule has 1 unspecified atom stereocenters. The Kier molecular flexibility index (Phi) is 3.91. The molecule has 0 bridgehead atoms. The highest BCUT2D eigenvalue weighted by Crippen LogP contribution is 2.36. The van der Waals surface area contributed by atoms with Gasteiger partial charge in [-0.2, -0.15) is 5.10 Å². The second-order valence-electron chi connectivity index (χ2n) is 8.13. The van der Waals surface area contributed by atoms with Gasteiger partial charge in [-0.1, -0.05) is 27.7 Å². The van der Waals surface area contributed by atoms with E-state index in [1.165, 1.54) is 18.5 Å². The third-order valence-corrected chi connectivity index (χ3v) is 4.87. The molecule has 1 atom stereocenters. The summed E-state index contributed by atoms with van der Waals surface area (Å²) in [6, 6.07) is 0.385. The largest absolute Gasteiger partial charge is 0.335 e. The molecule has 3 rings (SSSR count). The fourth-order valence-electron chi connectivity index (χ4n) is 3.60. The van der Waals surface area contributed by atoms with Crippen molar-refractivity contribution in [1.29, 1.82) is 0 Å². The van der Waals surface area contributed by atoms with Crippen molar-refractivity contribution < 1.29 is 4.79 Å². The first-order valence-corrected chi connectivity index (χ1v) is 8.42. The molecule has 2 amide bonds. The SMILES string of the molecule is CC(C)C(NC(=O)N1Cc2cn[nH]c2CC(C)(C)C1)C1CC1. The van der Waals surface area contributed by atoms with Gasteiger partial charge in [0.2, 0.25) is 0 Å². The molecule has 0 radical (unpaired) electrons. The van der Waals surface area contributed by atoms with Crippen LogP contribution in [0.1, 0.15) is 51.8 Å². The monoisotopic (exact) mass is 304 g/mol. The molecule has 1 saturated carbocycles. The number of aromatic nitrogens is 2. The summed E-state index contributed by atoms with van der Waals surface area (Å²) in [5.74, 6) is 1.16. The van der Waals surface area contributed by atoms with Crippen LogP contribution in [0.25, 0.3) is 0 Å². The van der Waals surface area contributed by atoms with E-state index in [2.05, 4.69) is 43.2 Å². The Labute approximate surface area is 132 Å². The molecule has 1 aromatic heterocycles. The molecule has 22 heavy (non-hydrogen) atoms. The lowest BCUT2D eigenvalue weighted by Crippen LogP contribution is -2.49. The van der Waals surface area contributed by atoms with Gasteiger partial charge in [0, 0.05) is 23.8 Å². The van der Waals surface area contributed by atoms with E-state index < -0.39 is 0 Å². The zero-order valence-corrected chi connectivity index (χ0v) is 14.1. The van der Waals surface area contributed by atoms with Crippen molar-refractivity contribution in [2.75, 3.05) is 6.54 Å². The van der Waals surface area contributed by atoms with Crippen LogP contribution in [0.2, 0.25) is 0 Å². The molecule has 2 aliphatic rings. The first-order valence-electron chi connectivity index (χ1n) is 8.42. The lowest BCUT2D eigenvalue weighted by Gasteiger charge is -2.32. The van der Waals surface area contributed by atoms with Crippen LogP contribution in [0.3, 0.4) is 0 Å². The zero-order chi connectivity index (χ0) is 15.9. The Morgan fingerprint density at radius 1 is 1.45 bits per heavy atom. The van der Waals surface area contributed by atoms with E-state index in [4.69, 9.17) is 0 Å². The Hall–Kier alpha value is -1.52. The lowest BCUT2D eigenvalue weighted by molar-refractivity contribution is 0.160. The van der Waals surface area contributed by atoms with Gasteiger partial charge in [0.1, 0.15) is 0 Å². The topological polar surface area (TPSA) is 61.0 Å². The van der Waals surface area contributed by atoms with E-state index in [1.807, 2.05) is 11.1 Å². The number of hydrogen-bond acceptors (Lipinski definition) is 2. The number of fused-ring (bicyclic) bond motifs is 1. The van der Waals surface area contributed by atoms with Crippen molar-refractivity contribution in [1.82, 2.24) is 20.4 Å². The summed E-state index contributed by atoms with van der Waals surface area (Å²) in [5, 5.41) is 10.5. The standard InChI is InChI=1S/C17H28N4O/c1-11(2)15(12-5-6-12)19-16(22)21-9-13-8-18-20-14(13)7-17(3,4)10-21/h8,11-12,15H,5-7,9-10H2,1-4H3,(H,18,20)(H,19,22). The van der Waals surface area contributed by atoms with Crippen molar-refractivity contribution in [2.24, 2.45) is 17.3 Å². The minimum Gasteiger partial charge on any atom is -0.335 e. The molecule has 1 aliphatic carbocycles. The molecule has 1 fully saturated rings. The van der Waals surface area contributed by atoms with E-state index in [-0.39, 0.29) is 11.4 Å². The van der Waals surface area contributed by atoms with Crippen LogP contribution in [0.5, 0.6) is 0 Å². The molecule has 2 heterocycles. The van der Waals surface area contributed by atoms with E-state index >= 15 is 0 Å². The Morgan fingerprint density at radius 2 is 2.18 bits per heavy atom. The quantitative estimate of drug-likeness (QED) is 0.902. The molecule has 0 spiro atoms. The van der Waals surface area contributed by atoms with E-state index in [1.54, 1.807) is 0 Å². The van der Waals surface area contributed by atoms with Crippen LogP contribution in [-0.4, -0.2) is 33.7 Å². The van der Waals surface area contributed by atoms with Crippen LogP contribution in [0, 0.1) is 17.3 Å². The first-order chi connectivity index (χ1) is 10.4. The van der Waals surface area contributed by atoms with Gasteiger partial charge in [-0.25, -0.2) is 4.79 Å². The van der Waals surface area contributed by atoms with Gasteiger partial charge < -0.3 is 10.2 Å². The van der Waals surface area contributed by atoms with Gasteiger partial charge in [-0.05, 0) is 36.5 Å². The fraction of sp³-hybridized carbons (Fsp3) is 0.765. The molecule has 5 nitrogen and oxygen atoms in total. The maximum Gasteiger partial charge on any atom is 0.317 e. The lowest BCUT2D eigenvalue weighted by atomic mass is 9.88. The fourth-order valence-corrected chi connectivity index (χ4v) is 3.60. The molecule has 0 saturated heterocycles. The maximum atomic E-state index is 12.8. The molecular formula is C17H28N4O. The number of nitrogens with one attached hydrogen (secondary N) is 2. The van der Waals surface area contributed by atoms with Crippen LogP contribution in [-0.2, 0) is 13.0 Å². The number of carbonyl (C=O) groups is 1. The minimum absolute atomic E-state index is 0.0576. The van der Waals surface area contributed by atoms with Gasteiger partial charge in [0.15, 0.2) is 0 Å². The molecule has 122 valence electrons. The molecular weight excluding hydrogens is 276 g/mol. The highest BCUT2D eigenvalue weighted by atomic mass is 16.2. The molecule has 1 aliphatic heterocycles. The van der Waals surface area contributed by atoms with E-state index in [0.29, 0.717) is 24.4 Å². The third kappa shape index (κ3) is 3.28. The van der Waals surface area contributed by atoms with Crippen molar-refractivity contribution in [3.63, 3.8) is 0 Å². The van der Waals surface area contributed by atoms with Gasteiger partial charge in [-0.3, -0.25) is 5.10 Å². The molecule has 0 aromatic carbocycles. The summed E-state index contributed by atoms with van der Waals surface area (Å²) in [6.45, 7) is 10.2. The third-order valence-electron chi connectivity index (χ3n) is 4.87. The number of urea groups is 1. The number of nitrogens with zero attached hydrogens (tertiary/aromatic N) is 2. The number of hydrogen-bond donors (Lipinski definition) is 2. The normalized spacial score (nSPS) is 22.1. The predicted molar refractivity (Wildman–Crippen MR) is 86.4 cm³/mol. The summed E-state index contributed by atoms with van der Waals surface area (Å²) in [5.41, 5.74) is 2.37. The van der Waals surface area contributed by atoms with Crippen molar-refractivity contribution >= 4 is 6.03 Å². The maximum absolute atomic E-state index is 12.8. The second kappa shape index (κ2) is 5.60. The van der Waals surface area contributed by atoms with Gasteiger partial charge in [0.05, 0.1) is 12.7 Å².